The van der Waals surface area contributed by atoms with Gasteiger partial charge < -0.3 is 45.6 Å². The number of esters is 1. The number of nitrogens with zero attached hydrogens (tertiary/aromatic N) is 4. The molecule has 0 aromatic heterocycles. The minimum absolute atomic E-state index is 0.0837. The van der Waals surface area contributed by atoms with Crippen molar-refractivity contribution in [3.8, 4) is 0 Å². The highest BCUT2D eigenvalue weighted by Gasteiger charge is 2.42. The maximum Gasteiger partial charge on any atom is 0.338 e. The van der Waals surface area contributed by atoms with Gasteiger partial charge in [-0.05, 0) is 56.8 Å². The van der Waals surface area contributed by atoms with Gasteiger partial charge in [0, 0.05) is 41.7 Å². The molecule has 0 aromatic rings. The van der Waals surface area contributed by atoms with Crippen LogP contribution in [0.5, 0.6) is 0 Å². The third-order valence-electron chi connectivity index (χ3n) is 10.2. The van der Waals surface area contributed by atoms with Crippen LogP contribution in [0.3, 0.4) is 0 Å². The molecule has 0 rings (SSSR count). The molecular weight excluding hydrogens is 764 g/mol. The summed E-state index contributed by atoms with van der Waals surface area (Å²) in [5.74, 6) is -6.68. The van der Waals surface area contributed by atoms with Crippen molar-refractivity contribution < 1.29 is 47.9 Å². The summed E-state index contributed by atoms with van der Waals surface area (Å²) in [6, 6.07) is -7.98. The zero-order valence-corrected chi connectivity index (χ0v) is 38.6. The van der Waals surface area contributed by atoms with E-state index >= 15 is 0 Å². The van der Waals surface area contributed by atoms with Gasteiger partial charge in [0.25, 0.3) is 5.91 Å². The number of methoxy groups -OCH3 is 1. The molecule has 0 bridgehead atoms. The minimum Gasteiger partial charge on any atom is -0.467 e. The predicted octanol–water partition coefficient (Wildman–Crippen LogP) is 0.912. The molecule has 338 valence electrons. The van der Waals surface area contributed by atoms with E-state index in [9.17, 15) is 43.2 Å². The smallest absolute Gasteiger partial charge is 0.338 e. The van der Waals surface area contributed by atoms with Gasteiger partial charge in [0.15, 0.2) is 0 Å². The van der Waals surface area contributed by atoms with Gasteiger partial charge in [-0.1, -0.05) is 62.3 Å². The predicted molar refractivity (Wildman–Crippen MR) is 223 cm³/mol. The Hall–Kier alpha value is -4.77. The first kappa shape index (κ1) is 54.2. The third-order valence-corrected chi connectivity index (χ3v) is 10.2. The summed E-state index contributed by atoms with van der Waals surface area (Å²) >= 11 is 0. The first-order chi connectivity index (χ1) is 27.2. The number of likely N-dealkylation sites (N-methyl/N-ethyl adjacent to an activating group) is 5. The van der Waals surface area contributed by atoms with Crippen LogP contribution in [-0.2, 0) is 47.9 Å². The normalized spacial score (nSPS) is 14.9. The highest BCUT2D eigenvalue weighted by Crippen LogP contribution is 2.19. The van der Waals surface area contributed by atoms with Gasteiger partial charge in [0.2, 0.25) is 47.4 Å². The fourth-order valence-corrected chi connectivity index (χ4v) is 6.63. The van der Waals surface area contributed by atoms with Crippen LogP contribution in [0.15, 0.2) is 0 Å². The van der Waals surface area contributed by atoms with E-state index in [1.165, 1.54) is 58.9 Å². The molecule has 0 spiro atoms. The maximum atomic E-state index is 14.2. The maximum absolute atomic E-state index is 14.2. The lowest BCUT2D eigenvalue weighted by Crippen LogP contribution is -2.62. The molecule has 0 fully saturated rings. The van der Waals surface area contributed by atoms with Crippen LogP contribution in [0.4, 0.5) is 0 Å². The first-order valence-electron chi connectivity index (χ1n) is 20.5. The number of nitrogens with one attached hydrogen (secondary N) is 4. The molecule has 8 amide bonds. The van der Waals surface area contributed by atoms with E-state index in [-0.39, 0.29) is 30.6 Å². The third kappa shape index (κ3) is 15.7. The molecule has 4 N–H and O–H groups in total. The van der Waals surface area contributed by atoms with Crippen molar-refractivity contribution >= 4 is 53.2 Å². The van der Waals surface area contributed by atoms with Crippen molar-refractivity contribution in [1.82, 2.24) is 40.9 Å². The van der Waals surface area contributed by atoms with Gasteiger partial charge in [0.05, 0.1) is 7.11 Å². The second-order valence-electron chi connectivity index (χ2n) is 16.8. The Labute approximate surface area is 351 Å². The molecule has 59 heavy (non-hydrogen) atoms. The van der Waals surface area contributed by atoms with E-state index < -0.39 is 101 Å². The highest BCUT2D eigenvalue weighted by molar-refractivity contribution is 6.06. The van der Waals surface area contributed by atoms with Crippen LogP contribution in [0.2, 0.25) is 0 Å². The van der Waals surface area contributed by atoms with Crippen LogP contribution >= 0.6 is 0 Å². The lowest BCUT2D eigenvalue weighted by Gasteiger charge is -2.37. The number of ether oxygens (including phenoxy) is 1. The van der Waals surface area contributed by atoms with Crippen LogP contribution < -0.4 is 21.3 Å². The van der Waals surface area contributed by atoms with E-state index in [1.807, 2.05) is 27.7 Å². The second kappa shape index (κ2) is 25.0. The summed E-state index contributed by atoms with van der Waals surface area (Å²) in [5, 5.41) is 10.6. The van der Waals surface area contributed by atoms with Gasteiger partial charge in [-0.3, -0.25) is 38.4 Å². The van der Waals surface area contributed by atoms with E-state index in [0.29, 0.717) is 12.8 Å². The molecule has 18 nitrogen and oxygen atoms in total. The molecule has 0 heterocycles. The minimum atomic E-state index is -1.65. The Morgan fingerprint density at radius 3 is 1.44 bits per heavy atom. The number of hydrogen-bond acceptors (Lipinski definition) is 10. The zero-order valence-electron chi connectivity index (χ0n) is 38.6. The number of carbonyl (C=O) groups is 9. The summed E-state index contributed by atoms with van der Waals surface area (Å²) in [5.41, 5.74) is 0. The monoisotopic (exact) mass is 839 g/mol. The van der Waals surface area contributed by atoms with Gasteiger partial charge >= 0.3 is 5.97 Å². The van der Waals surface area contributed by atoms with E-state index in [0.717, 1.165) is 16.9 Å². The molecule has 0 radical (unpaired) electrons. The summed E-state index contributed by atoms with van der Waals surface area (Å²) in [6.45, 7) is 19.1. The molecule has 0 aliphatic rings. The van der Waals surface area contributed by atoms with E-state index in [1.54, 1.807) is 34.6 Å². The van der Waals surface area contributed by atoms with Gasteiger partial charge in [-0.25, -0.2) is 4.79 Å². The topological polar surface area (TPSA) is 224 Å². The number of carbonyl (C=O) groups excluding carboxylic acids is 9. The summed E-state index contributed by atoms with van der Waals surface area (Å²) in [7, 11) is 8.15. The van der Waals surface area contributed by atoms with Crippen LogP contribution in [0, 0.1) is 23.7 Å². The molecule has 1 unspecified atom stereocenters. The molecule has 0 saturated carbocycles. The van der Waals surface area contributed by atoms with Gasteiger partial charge in [-0.2, -0.15) is 0 Å². The molecule has 0 aliphatic carbocycles. The van der Waals surface area contributed by atoms with Gasteiger partial charge in [0.1, 0.15) is 36.3 Å². The van der Waals surface area contributed by atoms with Crippen molar-refractivity contribution in [1.29, 1.82) is 0 Å². The Kier molecular flexibility index (Phi) is 23.0. The average Bonchev–Trinajstić information content (AvgIpc) is 3.15. The zero-order chi connectivity index (χ0) is 46.2. The van der Waals surface area contributed by atoms with Crippen LogP contribution in [0.25, 0.3) is 0 Å². The fourth-order valence-electron chi connectivity index (χ4n) is 6.63. The highest BCUT2D eigenvalue weighted by atomic mass is 16.5. The second-order valence-corrected chi connectivity index (χ2v) is 16.8. The van der Waals surface area contributed by atoms with E-state index in [2.05, 4.69) is 21.3 Å². The van der Waals surface area contributed by atoms with Crippen molar-refractivity contribution in [2.24, 2.45) is 23.7 Å². The fraction of sp³-hybridized carbons (Fsp3) is 0.780. The molecule has 0 saturated heterocycles. The molecule has 0 aliphatic heterocycles. The van der Waals surface area contributed by atoms with E-state index in [4.69, 9.17) is 4.74 Å². The quantitative estimate of drug-likeness (QED) is 0.0841. The Morgan fingerprint density at radius 2 is 1.02 bits per heavy atom. The average molecular weight is 839 g/mol. The Balaban J connectivity index is 6.29. The number of amides is 8. The standard InChI is InChI=1S/C41H74N8O10/c1-18-19-30(50)48(15)33(41(58)59-17)40(57)49(16)32(25(8)9)37(54)45-31(24(6)7)39(56)47(14)29(21-23(4)5)36(53)43-26(10)34(51)44-27(11)38(55)46(13)28(20-22(2)3)35(52)42-12/h22-29,31-33H,18-21H2,1-17H3,(H,42,52)(H,43,53)(H,44,51)(H,45,54)/t26-,27-,28-,29-,31-,32-,33?/m0/s1. The molecular formula is C41H74N8O10. The van der Waals surface area contributed by atoms with Crippen molar-refractivity contribution in [3.63, 3.8) is 0 Å². The SMILES string of the molecule is CCCC(=O)N(C)C(C(=O)OC)C(=O)N(C)[C@H](C(=O)N[C@H](C(=O)N(C)[C@@H](CC(C)C)C(=O)N[C@@H](C)C(=O)N[C@@H](C)C(=O)N(C)[C@@H](CC(C)C)C(=O)NC)C(C)C)C(C)C. The van der Waals surface area contributed by atoms with Crippen LogP contribution in [-0.4, -0.2) is 157 Å². The molecule has 7 atom stereocenters. The summed E-state index contributed by atoms with van der Waals surface area (Å²) < 4.78 is 4.84. The Morgan fingerprint density at radius 1 is 0.542 bits per heavy atom. The van der Waals surface area contributed by atoms with Crippen LogP contribution in [0.1, 0.15) is 102 Å². The van der Waals surface area contributed by atoms with Crippen molar-refractivity contribution in [2.45, 2.75) is 144 Å². The van der Waals surface area contributed by atoms with Gasteiger partial charge in [-0.15, -0.1) is 0 Å². The lowest BCUT2D eigenvalue weighted by atomic mass is 9.96. The Bertz CT molecular complexity index is 1490. The molecule has 0 aromatic carbocycles. The van der Waals surface area contributed by atoms with Crippen molar-refractivity contribution in [3.05, 3.63) is 0 Å². The van der Waals surface area contributed by atoms with Crippen molar-refractivity contribution in [2.75, 3.05) is 42.3 Å². The summed E-state index contributed by atoms with van der Waals surface area (Å²) in [4.78, 5) is 125. The molecule has 18 heteroatoms. The number of rotatable bonds is 23. The largest absolute Gasteiger partial charge is 0.467 e. The number of hydrogen-bond donors (Lipinski definition) is 4. The first-order valence-corrected chi connectivity index (χ1v) is 20.5. The lowest BCUT2D eigenvalue weighted by molar-refractivity contribution is -0.161. The summed E-state index contributed by atoms with van der Waals surface area (Å²) in [6.07, 6.45) is 1.17.